The van der Waals surface area contributed by atoms with Gasteiger partial charge in [0.05, 0.1) is 17.5 Å². The van der Waals surface area contributed by atoms with Gasteiger partial charge in [-0.25, -0.2) is 4.90 Å². The number of carbonyl (C=O) groups excluding carboxylic acids is 2. The molecule has 1 aromatic rings. The fraction of sp³-hybridized carbons (Fsp3) is 0.412. The lowest BCUT2D eigenvalue weighted by Gasteiger charge is -2.38. The van der Waals surface area contributed by atoms with Crippen LogP contribution in [0.3, 0.4) is 0 Å². The largest absolute Gasteiger partial charge is 0.274 e. The average molecular weight is 346 g/mol. The van der Waals surface area contributed by atoms with E-state index in [9.17, 15) is 9.59 Å². The Morgan fingerprint density at radius 1 is 1.05 bits per heavy atom. The van der Waals surface area contributed by atoms with Crippen molar-refractivity contribution in [3.05, 3.63) is 40.4 Å². The van der Waals surface area contributed by atoms with Crippen LogP contribution in [0.25, 0.3) is 0 Å². The third kappa shape index (κ3) is 1.78. The topological polar surface area (TPSA) is 37.4 Å². The normalized spacial score (nSPS) is 33.7. The Morgan fingerprint density at radius 3 is 2.10 bits per heavy atom. The number of carbonyl (C=O) groups is 2. The Bertz CT molecular complexity index is 649. The third-order valence-electron chi connectivity index (χ3n) is 5.17. The van der Waals surface area contributed by atoms with E-state index >= 15 is 0 Å². The molecule has 4 atom stereocenters. The van der Waals surface area contributed by atoms with Crippen molar-refractivity contribution in [2.75, 3.05) is 4.90 Å². The maximum Gasteiger partial charge on any atom is 0.238 e. The Labute approximate surface area is 132 Å². The van der Waals surface area contributed by atoms with Crippen LogP contribution in [-0.2, 0) is 9.59 Å². The molecule has 4 aliphatic rings. The van der Waals surface area contributed by atoms with E-state index in [1.807, 2.05) is 25.1 Å². The van der Waals surface area contributed by atoms with Crippen molar-refractivity contribution < 1.29 is 9.59 Å². The summed E-state index contributed by atoms with van der Waals surface area (Å²) in [7, 11) is 0. The summed E-state index contributed by atoms with van der Waals surface area (Å²) >= 11 is 3.48. The molecule has 0 radical (unpaired) electrons. The van der Waals surface area contributed by atoms with E-state index < -0.39 is 0 Å². The van der Waals surface area contributed by atoms with Crippen LogP contribution in [0.15, 0.2) is 34.8 Å². The highest BCUT2D eigenvalue weighted by Gasteiger charge is 2.56. The van der Waals surface area contributed by atoms with Gasteiger partial charge in [0.25, 0.3) is 0 Å². The first kappa shape index (κ1) is 13.3. The smallest absolute Gasteiger partial charge is 0.238 e. The van der Waals surface area contributed by atoms with Crippen LogP contribution in [0.1, 0.15) is 18.4 Å². The van der Waals surface area contributed by atoms with E-state index in [1.54, 1.807) is 0 Å². The summed E-state index contributed by atoms with van der Waals surface area (Å²) in [5.74, 6) is 0.188. The van der Waals surface area contributed by atoms with Crippen LogP contribution in [-0.4, -0.2) is 11.8 Å². The second-order valence-corrected chi connectivity index (χ2v) is 7.14. The molecule has 5 rings (SSSR count). The predicted molar refractivity (Wildman–Crippen MR) is 83.7 cm³/mol. The molecule has 0 aromatic heterocycles. The minimum Gasteiger partial charge on any atom is -0.274 e. The molecule has 1 saturated carbocycles. The van der Waals surface area contributed by atoms with Crippen LogP contribution in [0, 0.1) is 30.6 Å². The molecule has 21 heavy (non-hydrogen) atoms. The maximum absolute atomic E-state index is 12.8. The van der Waals surface area contributed by atoms with Crippen molar-refractivity contribution in [3.8, 4) is 0 Å². The van der Waals surface area contributed by atoms with Crippen molar-refractivity contribution in [2.45, 2.75) is 19.8 Å². The minimum absolute atomic E-state index is 0.0141. The van der Waals surface area contributed by atoms with Crippen LogP contribution < -0.4 is 4.90 Å². The molecule has 3 aliphatic carbocycles. The van der Waals surface area contributed by atoms with Gasteiger partial charge < -0.3 is 0 Å². The lowest BCUT2D eigenvalue weighted by molar-refractivity contribution is -0.124. The first-order valence-electron chi connectivity index (χ1n) is 7.40. The van der Waals surface area contributed by atoms with Crippen molar-refractivity contribution in [2.24, 2.45) is 23.7 Å². The Morgan fingerprint density at radius 2 is 1.62 bits per heavy atom. The summed E-state index contributed by atoms with van der Waals surface area (Å²) in [5, 5.41) is 0. The molecule has 0 spiro atoms. The molecular formula is C17H16BrNO2. The van der Waals surface area contributed by atoms with Gasteiger partial charge in [-0.05, 0) is 49.3 Å². The van der Waals surface area contributed by atoms with Crippen LogP contribution in [0.4, 0.5) is 5.69 Å². The van der Waals surface area contributed by atoms with E-state index in [1.165, 1.54) is 4.90 Å². The molecule has 2 fully saturated rings. The number of amides is 2. The summed E-state index contributed by atoms with van der Waals surface area (Å²) in [4.78, 5) is 27.0. The molecule has 108 valence electrons. The molecule has 2 amide bonds. The van der Waals surface area contributed by atoms with E-state index in [0.29, 0.717) is 5.69 Å². The quantitative estimate of drug-likeness (QED) is 0.577. The Kier molecular flexibility index (Phi) is 2.86. The van der Waals surface area contributed by atoms with Crippen LogP contribution in [0.2, 0.25) is 0 Å². The van der Waals surface area contributed by atoms with E-state index in [0.717, 1.165) is 22.9 Å². The monoisotopic (exact) mass is 345 g/mol. The zero-order valence-corrected chi connectivity index (χ0v) is 13.3. The van der Waals surface area contributed by atoms with Gasteiger partial charge in [-0.1, -0.05) is 34.1 Å². The number of allylic oxidation sites excluding steroid dienone is 2. The number of imide groups is 1. The zero-order chi connectivity index (χ0) is 14.7. The number of anilines is 1. The molecule has 3 nitrogen and oxygen atoms in total. The van der Waals surface area contributed by atoms with E-state index in [2.05, 4.69) is 28.1 Å². The van der Waals surface area contributed by atoms with E-state index in [4.69, 9.17) is 0 Å². The second-order valence-electron chi connectivity index (χ2n) is 6.29. The third-order valence-corrected chi connectivity index (χ3v) is 6.03. The van der Waals surface area contributed by atoms with Gasteiger partial charge in [-0.2, -0.15) is 0 Å². The molecular weight excluding hydrogens is 330 g/mol. The highest BCUT2D eigenvalue weighted by molar-refractivity contribution is 9.10. The summed E-state index contributed by atoms with van der Waals surface area (Å²) in [6.45, 7) is 1.99. The van der Waals surface area contributed by atoms with Gasteiger partial charge >= 0.3 is 0 Å². The number of rotatable bonds is 1. The summed E-state index contributed by atoms with van der Waals surface area (Å²) < 4.78 is 0.927. The molecule has 1 aliphatic heterocycles. The summed E-state index contributed by atoms with van der Waals surface area (Å²) in [6.07, 6.45) is 6.36. The van der Waals surface area contributed by atoms with Crippen LogP contribution in [0.5, 0.6) is 0 Å². The standard InChI is InChI=1S/C17H16BrNO2/c1-9-2-7-12(8-13(9)18)19-16(20)14-10-3-4-11(6-5-10)15(14)17(19)21/h2-4,7-8,10-11,14-15H,5-6H2,1H3/t10-,11-,14-,15-/m0/s1. The van der Waals surface area contributed by atoms with Crippen molar-refractivity contribution in [1.29, 1.82) is 0 Å². The predicted octanol–water partition coefficient (Wildman–Crippen LogP) is 3.46. The number of hydrogen-bond acceptors (Lipinski definition) is 2. The number of fused-ring (bicyclic) bond motifs is 1. The lowest BCUT2D eigenvalue weighted by atomic mass is 9.63. The summed E-state index contributed by atoms with van der Waals surface area (Å²) in [5.41, 5.74) is 1.79. The highest BCUT2D eigenvalue weighted by atomic mass is 79.9. The zero-order valence-electron chi connectivity index (χ0n) is 11.8. The molecule has 0 unspecified atom stereocenters. The number of benzene rings is 1. The number of nitrogens with zero attached hydrogens (tertiary/aromatic N) is 1. The molecule has 4 heteroatoms. The Hall–Kier alpha value is -1.42. The molecule has 2 bridgehead atoms. The van der Waals surface area contributed by atoms with Gasteiger partial charge in [0.2, 0.25) is 11.8 Å². The molecule has 1 aromatic carbocycles. The number of halogens is 1. The van der Waals surface area contributed by atoms with Crippen molar-refractivity contribution >= 4 is 33.4 Å². The fourth-order valence-corrected chi connectivity index (χ4v) is 4.42. The van der Waals surface area contributed by atoms with Gasteiger partial charge in [0, 0.05) is 4.47 Å². The second kappa shape index (κ2) is 4.54. The average Bonchev–Trinajstić information content (AvgIpc) is 2.78. The number of hydrogen-bond donors (Lipinski definition) is 0. The highest BCUT2D eigenvalue weighted by Crippen LogP contribution is 2.50. The van der Waals surface area contributed by atoms with Gasteiger partial charge in [0.1, 0.15) is 0 Å². The Balaban J connectivity index is 1.76. The SMILES string of the molecule is Cc1ccc(N2C(=O)[C@@H]3[C@@H](C2=O)[C@H]2C=C[C@H]3CC2)cc1Br. The maximum atomic E-state index is 12.8. The van der Waals surface area contributed by atoms with Gasteiger partial charge in [-0.3, -0.25) is 9.59 Å². The van der Waals surface area contributed by atoms with Crippen molar-refractivity contribution in [1.82, 2.24) is 0 Å². The van der Waals surface area contributed by atoms with Crippen LogP contribution >= 0.6 is 15.9 Å². The molecule has 1 heterocycles. The first-order chi connectivity index (χ1) is 10.1. The van der Waals surface area contributed by atoms with E-state index in [-0.39, 0.29) is 35.5 Å². The van der Waals surface area contributed by atoms with Gasteiger partial charge in [0.15, 0.2) is 0 Å². The minimum atomic E-state index is -0.138. The first-order valence-corrected chi connectivity index (χ1v) is 8.19. The lowest BCUT2D eigenvalue weighted by Crippen LogP contribution is -2.38. The number of aryl methyl sites for hydroxylation is 1. The molecule has 1 saturated heterocycles. The van der Waals surface area contributed by atoms with Gasteiger partial charge in [-0.15, -0.1) is 0 Å². The van der Waals surface area contributed by atoms with Crippen molar-refractivity contribution in [3.63, 3.8) is 0 Å². The summed E-state index contributed by atoms with van der Waals surface area (Å²) in [6, 6.07) is 5.68. The fourth-order valence-electron chi connectivity index (χ4n) is 4.05. The molecule has 0 N–H and O–H groups in total.